The van der Waals surface area contributed by atoms with Crippen LogP contribution in [0.3, 0.4) is 0 Å². The first-order chi connectivity index (χ1) is 16.1. The van der Waals surface area contributed by atoms with Gasteiger partial charge in [0.1, 0.15) is 0 Å². The molecule has 3 heterocycles. The Morgan fingerprint density at radius 3 is 2.41 bits per heavy atom. The second-order valence-electron chi connectivity index (χ2n) is 8.28. The van der Waals surface area contributed by atoms with Crippen LogP contribution >= 0.6 is 23.2 Å². The lowest BCUT2D eigenvalue weighted by Crippen LogP contribution is -2.67. The van der Waals surface area contributed by atoms with Gasteiger partial charge in [-0.05, 0) is 20.0 Å². The second kappa shape index (κ2) is 9.30. The zero-order chi connectivity index (χ0) is 24.6. The van der Waals surface area contributed by atoms with Crippen LogP contribution in [-0.2, 0) is 0 Å². The van der Waals surface area contributed by atoms with Crippen LogP contribution in [0.2, 0.25) is 10.0 Å². The van der Waals surface area contributed by atoms with Crippen molar-refractivity contribution in [2.45, 2.75) is 18.7 Å². The minimum Gasteiger partial charge on any atom is -0.468 e. The van der Waals surface area contributed by atoms with Gasteiger partial charge >= 0.3 is 0 Å². The van der Waals surface area contributed by atoms with Crippen molar-refractivity contribution < 1.29 is 14.5 Å². The van der Waals surface area contributed by atoms with Crippen LogP contribution < -0.4 is 31.8 Å². The summed E-state index contributed by atoms with van der Waals surface area (Å²) in [4.78, 5) is 14.7. The highest BCUT2D eigenvalue weighted by Crippen LogP contribution is 2.33. The summed E-state index contributed by atoms with van der Waals surface area (Å²) >= 11 is 12.3. The van der Waals surface area contributed by atoms with Crippen LogP contribution in [0.15, 0.2) is 36.9 Å². The maximum absolute atomic E-state index is 14.6. The van der Waals surface area contributed by atoms with Crippen molar-refractivity contribution in [3.05, 3.63) is 69.5 Å². The normalized spacial score (nSPS) is 15.5. The Hall–Kier alpha value is -3.05. The molecule has 7 N–H and O–H groups in total. The predicted octanol–water partition coefficient (Wildman–Crippen LogP) is 1.33. The van der Waals surface area contributed by atoms with E-state index in [1.807, 2.05) is 11.9 Å². The highest BCUT2D eigenvalue weighted by molar-refractivity contribution is 6.35. The van der Waals surface area contributed by atoms with Gasteiger partial charge in [0.25, 0.3) is 0 Å². The van der Waals surface area contributed by atoms with Crippen molar-refractivity contribution >= 4 is 40.5 Å². The molecule has 1 atom stereocenters. The molecule has 1 aliphatic rings. The average Bonchev–Trinajstić information content (AvgIpc) is 2.78. The number of nitrogens with zero attached hydrogens (tertiary/aromatic N) is 4. The number of hydrogen-bond acceptors (Lipinski definition) is 8. The van der Waals surface area contributed by atoms with Crippen molar-refractivity contribution in [2.24, 2.45) is 5.73 Å². The third-order valence-electron chi connectivity index (χ3n) is 5.74. The van der Waals surface area contributed by atoms with Gasteiger partial charge in [-0.25, -0.2) is 14.4 Å². The van der Waals surface area contributed by atoms with E-state index in [9.17, 15) is 4.39 Å². The maximum Gasteiger partial charge on any atom is 0.225 e. The Balaban J connectivity index is 1.55. The summed E-state index contributed by atoms with van der Waals surface area (Å²) in [7, 11) is 1.93. The monoisotopic (exact) mass is 505 g/mol. The number of nitrogens with one attached hydrogen (secondary N) is 1. The van der Waals surface area contributed by atoms with Crippen LogP contribution in [0.4, 0.5) is 16.0 Å². The van der Waals surface area contributed by atoms with Gasteiger partial charge in [0.2, 0.25) is 11.7 Å². The van der Waals surface area contributed by atoms with E-state index >= 15 is 0 Å². The van der Waals surface area contributed by atoms with Gasteiger partial charge < -0.3 is 20.7 Å². The quantitative estimate of drug-likeness (QED) is 0.214. The molecule has 0 radical (unpaired) electrons. The number of pyridine rings is 1. The molecule has 1 aromatic carbocycles. The van der Waals surface area contributed by atoms with E-state index in [0.29, 0.717) is 17.1 Å². The Kier molecular flexibility index (Phi) is 6.59. The van der Waals surface area contributed by atoms with Crippen molar-refractivity contribution in [3.63, 3.8) is 0 Å². The van der Waals surface area contributed by atoms with Crippen molar-refractivity contribution in [3.8, 4) is 5.75 Å². The smallest absolute Gasteiger partial charge is 0.225 e. The van der Waals surface area contributed by atoms with Crippen LogP contribution in [0.5, 0.6) is 5.75 Å². The third-order valence-corrected chi connectivity index (χ3v) is 6.34. The zero-order valence-electron chi connectivity index (χ0n) is 18.5. The Morgan fingerprint density at radius 1 is 1.21 bits per heavy atom. The fourth-order valence-corrected chi connectivity index (χ4v) is 4.24. The highest BCUT2D eigenvalue weighted by atomic mass is 35.5. The maximum atomic E-state index is 14.6. The number of nitrogen functional groups attached to an aromatic ring is 1. The third kappa shape index (κ3) is 4.62. The summed E-state index contributed by atoms with van der Waals surface area (Å²) in [6.45, 7) is 3.71. The lowest BCUT2D eigenvalue weighted by Gasteiger charge is -2.47. The fraction of sp³-hybridized carbons (Fsp3) is 0.273. The molecular formula is C22H24Cl2FN8O+. The molecule has 0 spiro atoms. The molecule has 0 unspecified atom stereocenters. The summed E-state index contributed by atoms with van der Waals surface area (Å²) in [5.74, 6) is -0.298. The number of likely N-dealkylation sites (N-methyl/N-ethyl adjacent to an activating group) is 1. The predicted molar refractivity (Wildman–Crippen MR) is 129 cm³/mol. The van der Waals surface area contributed by atoms with Gasteiger partial charge in [0.05, 0.1) is 26.7 Å². The van der Waals surface area contributed by atoms with Crippen LogP contribution in [-0.4, -0.2) is 46.3 Å². The number of nitrogens with two attached hydrogens (primary N) is 3. The molecular weight excluding hydrogens is 482 g/mol. The largest absolute Gasteiger partial charge is 0.468 e. The van der Waals surface area contributed by atoms with Gasteiger partial charge in [0.15, 0.2) is 17.8 Å². The molecule has 1 aliphatic heterocycles. The summed E-state index contributed by atoms with van der Waals surface area (Å²) in [5.41, 5.74) is 13.7. The van der Waals surface area contributed by atoms with E-state index in [1.54, 1.807) is 12.4 Å². The van der Waals surface area contributed by atoms with Crippen LogP contribution in [0.25, 0.3) is 0 Å². The molecule has 0 bridgehead atoms. The van der Waals surface area contributed by atoms with E-state index in [-0.39, 0.29) is 38.3 Å². The molecule has 0 aliphatic carbocycles. The van der Waals surface area contributed by atoms with Crippen molar-refractivity contribution in [2.75, 3.05) is 30.8 Å². The lowest BCUT2D eigenvalue weighted by molar-refractivity contribution is -0.111. The first-order valence-corrected chi connectivity index (χ1v) is 11.1. The van der Waals surface area contributed by atoms with E-state index < -0.39 is 12.0 Å². The van der Waals surface area contributed by atoms with Crippen molar-refractivity contribution in [1.29, 1.82) is 0 Å². The lowest BCUT2D eigenvalue weighted by atomic mass is 9.93. The molecule has 34 heavy (non-hydrogen) atoms. The summed E-state index contributed by atoms with van der Waals surface area (Å²) in [6, 6.07) is 2.47. The molecule has 3 aromatic rings. The fourth-order valence-electron chi connectivity index (χ4n) is 3.66. The molecule has 9 nitrogen and oxygen atoms in total. The Bertz CT molecular complexity index is 1210. The van der Waals surface area contributed by atoms with Gasteiger partial charge in [0, 0.05) is 55.2 Å². The van der Waals surface area contributed by atoms with E-state index in [2.05, 4.69) is 27.2 Å². The molecule has 0 saturated carbocycles. The first-order valence-electron chi connectivity index (χ1n) is 10.3. The van der Waals surface area contributed by atoms with Gasteiger partial charge in [-0.2, -0.15) is 0 Å². The molecule has 1 fully saturated rings. The first kappa shape index (κ1) is 24.1. The molecule has 2 aromatic heterocycles. The highest BCUT2D eigenvalue weighted by Gasteiger charge is 2.38. The summed E-state index contributed by atoms with van der Waals surface area (Å²) < 4.78 is 20.2. The van der Waals surface area contributed by atoms with E-state index in [1.165, 1.54) is 18.5 Å². The SMILES string of the molecule is CNC1(C)CN(c2ncc(C(=[NH2+])c3cc(O[C@H](N)c4c(Cl)cncc4Cl)c(F)cc3N)cn2)C1. The number of aromatic nitrogens is 3. The number of anilines is 2. The Labute approximate surface area is 205 Å². The van der Waals surface area contributed by atoms with Gasteiger partial charge in [-0.1, -0.05) is 23.2 Å². The number of halogens is 3. The average molecular weight is 506 g/mol. The molecule has 1 saturated heterocycles. The molecule has 178 valence electrons. The Morgan fingerprint density at radius 2 is 1.82 bits per heavy atom. The topological polar surface area (TPSA) is 141 Å². The van der Waals surface area contributed by atoms with Crippen molar-refractivity contribution in [1.82, 2.24) is 20.3 Å². The standard InChI is InChI=1S/C22H23Cl2FN8O/c1-22(29-2)9-33(10-22)21-31-5-11(6-32-21)19(27)12-3-17(15(25)4-16(12)26)34-20(28)18-13(23)7-30-8-14(18)24/h3-8,20,27,29H,9-10,26,28H2,1-2H3/p+1/t20-/m0/s1. The number of rotatable bonds is 7. The second-order valence-corrected chi connectivity index (χ2v) is 9.09. The van der Waals surface area contributed by atoms with Crippen LogP contribution in [0.1, 0.15) is 29.8 Å². The van der Waals surface area contributed by atoms with Gasteiger partial charge in [-0.15, -0.1) is 0 Å². The number of ether oxygens (including phenoxy) is 1. The van der Waals surface area contributed by atoms with E-state index in [0.717, 1.165) is 19.2 Å². The molecule has 0 amide bonds. The minimum absolute atomic E-state index is 0.0394. The van der Waals surface area contributed by atoms with Gasteiger partial charge in [-0.3, -0.25) is 16.1 Å². The summed E-state index contributed by atoms with van der Waals surface area (Å²) in [6.07, 6.45) is 4.77. The molecule has 4 rings (SSSR count). The zero-order valence-corrected chi connectivity index (χ0v) is 20.0. The minimum atomic E-state index is -1.15. The number of benzene rings is 1. The van der Waals surface area contributed by atoms with Crippen LogP contribution in [0, 0.1) is 5.82 Å². The number of hydrogen-bond donors (Lipinski definition) is 4. The van der Waals surface area contributed by atoms with E-state index in [4.69, 9.17) is 44.8 Å². The molecule has 12 heteroatoms. The summed E-state index contributed by atoms with van der Waals surface area (Å²) in [5, 5.41) is 9.99.